The van der Waals surface area contributed by atoms with E-state index in [1.807, 2.05) is 0 Å². The van der Waals surface area contributed by atoms with E-state index in [1.54, 1.807) is 12.1 Å². The number of hydrogen-bond donors (Lipinski definition) is 1. The van der Waals surface area contributed by atoms with Gasteiger partial charge in [-0.2, -0.15) is 0 Å². The molecule has 5 nitrogen and oxygen atoms in total. The molecule has 1 aromatic carbocycles. The van der Waals surface area contributed by atoms with Gasteiger partial charge in [-0.1, -0.05) is 17.7 Å². The second-order valence-electron chi connectivity index (χ2n) is 3.85. The van der Waals surface area contributed by atoms with Crippen molar-refractivity contribution >= 4 is 33.4 Å². The van der Waals surface area contributed by atoms with Gasteiger partial charge in [0, 0.05) is 16.8 Å². The SMILES string of the molecule is NC(=O)c1ccc(Cn2cncc(Br)c2=O)c(Cl)c1. The van der Waals surface area contributed by atoms with Gasteiger partial charge in [-0.25, -0.2) is 4.98 Å². The van der Waals surface area contributed by atoms with Crippen molar-refractivity contribution in [1.82, 2.24) is 9.55 Å². The van der Waals surface area contributed by atoms with Gasteiger partial charge in [0.15, 0.2) is 0 Å². The molecule has 0 spiro atoms. The maximum absolute atomic E-state index is 11.8. The van der Waals surface area contributed by atoms with Gasteiger partial charge in [0.2, 0.25) is 5.91 Å². The topological polar surface area (TPSA) is 78.0 Å². The van der Waals surface area contributed by atoms with Gasteiger partial charge in [-0.05, 0) is 33.6 Å². The van der Waals surface area contributed by atoms with Gasteiger partial charge in [0.1, 0.15) is 4.47 Å². The summed E-state index contributed by atoms with van der Waals surface area (Å²) in [5, 5.41) is 0.378. The van der Waals surface area contributed by atoms with E-state index in [0.717, 1.165) is 0 Å². The highest BCUT2D eigenvalue weighted by atomic mass is 79.9. The Hall–Kier alpha value is -1.66. The first kappa shape index (κ1) is 13.8. The van der Waals surface area contributed by atoms with Crippen molar-refractivity contribution in [2.24, 2.45) is 5.73 Å². The lowest BCUT2D eigenvalue weighted by molar-refractivity contribution is 0.100. The summed E-state index contributed by atoms with van der Waals surface area (Å²) in [6.45, 7) is 0.267. The van der Waals surface area contributed by atoms with Gasteiger partial charge < -0.3 is 5.73 Å². The average Bonchev–Trinajstić information content (AvgIpc) is 2.37. The molecule has 2 N–H and O–H groups in total. The van der Waals surface area contributed by atoms with Crippen molar-refractivity contribution in [3.63, 3.8) is 0 Å². The lowest BCUT2D eigenvalue weighted by Crippen LogP contribution is -2.21. The Kier molecular flexibility index (Phi) is 4.01. The molecule has 0 unspecified atom stereocenters. The number of carbonyl (C=O) groups is 1. The molecule has 0 radical (unpaired) electrons. The highest BCUT2D eigenvalue weighted by Crippen LogP contribution is 2.18. The first-order valence-electron chi connectivity index (χ1n) is 5.27. The molecule has 1 heterocycles. The van der Waals surface area contributed by atoms with Crippen molar-refractivity contribution in [2.75, 3.05) is 0 Å². The van der Waals surface area contributed by atoms with Crippen LogP contribution in [-0.4, -0.2) is 15.5 Å². The Balaban J connectivity index is 2.36. The van der Waals surface area contributed by atoms with Crippen LogP contribution in [0.25, 0.3) is 0 Å². The summed E-state index contributed by atoms with van der Waals surface area (Å²) < 4.78 is 1.79. The Bertz CT molecular complexity index is 700. The van der Waals surface area contributed by atoms with Gasteiger partial charge in [0.05, 0.1) is 12.9 Å². The first-order chi connectivity index (χ1) is 8.99. The minimum absolute atomic E-state index is 0.204. The second-order valence-corrected chi connectivity index (χ2v) is 5.11. The standard InChI is InChI=1S/C12H9BrClN3O2/c13-9-4-16-6-17(12(9)19)5-8-2-1-7(11(15)18)3-10(8)14/h1-4,6H,5H2,(H2,15,18). The number of amides is 1. The highest BCUT2D eigenvalue weighted by molar-refractivity contribution is 9.10. The molecule has 98 valence electrons. The van der Waals surface area contributed by atoms with E-state index in [0.29, 0.717) is 20.6 Å². The molecule has 2 aromatic rings. The van der Waals surface area contributed by atoms with E-state index in [4.69, 9.17) is 17.3 Å². The molecular weight excluding hydrogens is 334 g/mol. The third-order valence-corrected chi connectivity index (χ3v) is 3.43. The number of primary amides is 1. The predicted octanol–water partition coefficient (Wildman–Crippen LogP) is 1.81. The fourth-order valence-corrected chi connectivity index (χ4v) is 2.14. The van der Waals surface area contributed by atoms with Gasteiger partial charge in [0.25, 0.3) is 5.56 Å². The first-order valence-corrected chi connectivity index (χ1v) is 6.44. The van der Waals surface area contributed by atoms with Crippen molar-refractivity contribution in [2.45, 2.75) is 6.54 Å². The molecule has 0 saturated carbocycles. The third-order valence-electron chi connectivity index (χ3n) is 2.54. The van der Waals surface area contributed by atoms with Crippen LogP contribution in [-0.2, 0) is 6.54 Å². The normalized spacial score (nSPS) is 10.4. The summed E-state index contributed by atoms with van der Waals surface area (Å²) in [6.07, 6.45) is 2.85. The number of benzene rings is 1. The molecule has 0 fully saturated rings. The predicted molar refractivity (Wildman–Crippen MR) is 75.3 cm³/mol. The quantitative estimate of drug-likeness (QED) is 0.924. The summed E-state index contributed by atoms with van der Waals surface area (Å²) in [5.41, 5.74) is 5.99. The Labute approximate surface area is 122 Å². The second kappa shape index (κ2) is 5.54. The van der Waals surface area contributed by atoms with Crippen LogP contribution in [0, 0.1) is 0 Å². The van der Waals surface area contributed by atoms with E-state index in [9.17, 15) is 9.59 Å². The van der Waals surface area contributed by atoms with Gasteiger partial charge in [-0.15, -0.1) is 0 Å². The molecular formula is C12H9BrClN3O2. The number of hydrogen-bond acceptors (Lipinski definition) is 3. The number of nitrogens with zero attached hydrogens (tertiary/aromatic N) is 2. The fraction of sp³-hybridized carbons (Fsp3) is 0.0833. The molecule has 0 aliphatic carbocycles. The maximum Gasteiger partial charge on any atom is 0.267 e. The molecule has 0 aliphatic rings. The Morgan fingerprint density at radius 2 is 2.21 bits per heavy atom. The van der Waals surface area contributed by atoms with Crippen LogP contribution < -0.4 is 11.3 Å². The number of halogens is 2. The lowest BCUT2D eigenvalue weighted by Gasteiger charge is -2.08. The van der Waals surface area contributed by atoms with Crippen molar-refractivity contribution in [3.05, 3.63) is 61.7 Å². The highest BCUT2D eigenvalue weighted by Gasteiger charge is 2.08. The van der Waals surface area contributed by atoms with E-state index >= 15 is 0 Å². The van der Waals surface area contributed by atoms with Crippen LogP contribution >= 0.6 is 27.5 Å². The number of rotatable bonds is 3. The Morgan fingerprint density at radius 3 is 2.84 bits per heavy atom. The molecule has 0 saturated heterocycles. The van der Waals surface area contributed by atoms with Crippen LogP contribution in [0.15, 0.2) is 40.0 Å². The molecule has 0 aliphatic heterocycles. The molecule has 19 heavy (non-hydrogen) atoms. The lowest BCUT2D eigenvalue weighted by atomic mass is 10.1. The molecule has 7 heteroatoms. The van der Waals surface area contributed by atoms with Crippen LogP contribution in [0.2, 0.25) is 5.02 Å². The van der Waals surface area contributed by atoms with Crippen molar-refractivity contribution in [3.8, 4) is 0 Å². The van der Waals surface area contributed by atoms with E-state index in [1.165, 1.54) is 23.2 Å². The zero-order valence-corrected chi connectivity index (χ0v) is 12.0. The fourth-order valence-electron chi connectivity index (χ4n) is 1.55. The minimum atomic E-state index is -0.547. The van der Waals surface area contributed by atoms with Crippen LogP contribution in [0.3, 0.4) is 0 Å². The van der Waals surface area contributed by atoms with Gasteiger partial charge in [-0.3, -0.25) is 14.2 Å². The molecule has 2 rings (SSSR count). The van der Waals surface area contributed by atoms with Crippen molar-refractivity contribution < 1.29 is 4.79 Å². The Morgan fingerprint density at radius 1 is 1.47 bits per heavy atom. The van der Waals surface area contributed by atoms with E-state index in [2.05, 4.69) is 20.9 Å². The summed E-state index contributed by atoms with van der Waals surface area (Å²) in [5.74, 6) is -0.547. The zero-order valence-electron chi connectivity index (χ0n) is 9.64. The van der Waals surface area contributed by atoms with Gasteiger partial charge >= 0.3 is 0 Å². The molecule has 0 atom stereocenters. The summed E-state index contributed by atoms with van der Waals surface area (Å²) >= 11 is 9.18. The summed E-state index contributed by atoms with van der Waals surface area (Å²) in [6, 6.07) is 4.71. The smallest absolute Gasteiger partial charge is 0.267 e. The van der Waals surface area contributed by atoms with E-state index < -0.39 is 5.91 Å². The van der Waals surface area contributed by atoms with Crippen molar-refractivity contribution in [1.29, 1.82) is 0 Å². The number of aromatic nitrogens is 2. The zero-order chi connectivity index (χ0) is 14.0. The molecule has 0 bridgehead atoms. The van der Waals surface area contributed by atoms with Crippen LogP contribution in [0.5, 0.6) is 0 Å². The van der Waals surface area contributed by atoms with Crippen LogP contribution in [0.4, 0.5) is 0 Å². The number of nitrogens with two attached hydrogens (primary N) is 1. The maximum atomic E-state index is 11.8. The molecule has 1 amide bonds. The summed E-state index contributed by atoms with van der Waals surface area (Å²) in [7, 11) is 0. The largest absolute Gasteiger partial charge is 0.366 e. The monoisotopic (exact) mass is 341 g/mol. The minimum Gasteiger partial charge on any atom is -0.366 e. The van der Waals surface area contributed by atoms with E-state index in [-0.39, 0.29) is 12.1 Å². The number of carbonyl (C=O) groups excluding carboxylic acids is 1. The molecule has 1 aromatic heterocycles. The van der Waals surface area contributed by atoms with Crippen LogP contribution in [0.1, 0.15) is 15.9 Å². The average molecular weight is 343 g/mol. The third kappa shape index (κ3) is 3.02. The summed E-state index contributed by atoms with van der Waals surface area (Å²) in [4.78, 5) is 26.7.